The molecule has 1 heterocycles. The van der Waals surface area contributed by atoms with Gasteiger partial charge in [-0.3, -0.25) is 4.79 Å². The quantitative estimate of drug-likeness (QED) is 0.529. The third kappa shape index (κ3) is 2.45. The highest BCUT2D eigenvalue weighted by molar-refractivity contribution is 5.82. The molecule has 0 aliphatic carbocycles. The number of aromatic nitrogens is 1. The van der Waals surface area contributed by atoms with Crippen LogP contribution in [0.2, 0.25) is 0 Å². The van der Waals surface area contributed by atoms with E-state index in [-0.39, 0.29) is 0 Å². The fourth-order valence-electron chi connectivity index (χ4n) is 1.83. The Morgan fingerprint density at radius 3 is 2.57 bits per heavy atom. The summed E-state index contributed by atoms with van der Waals surface area (Å²) in [6, 6.07) is 0.409. The SMILES string of the molecule is O=CCn1cc(OC(=O)O)c(=O)c2cc(F)c(F)c(F)c21. The molecule has 110 valence electrons. The van der Waals surface area contributed by atoms with Gasteiger partial charge in [-0.2, -0.15) is 0 Å². The van der Waals surface area contributed by atoms with Gasteiger partial charge in [-0.05, 0) is 6.07 Å². The van der Waals surface area contributed by atoms with Crippen LogP contribution in [0.3, 0.4) is 0 Å². The second-order valence-corrected chi connectivity index (χ2v) is 3.89. The van der Waals surface area contributed by atoms with Crippen molar-refractivity contribution < 1.29 is 32.6 Å². The highest BCUT2D eigenvalue weighted by Crippen LogP contribution is 2.23. The van der Waals surface area contributed by atoms with Gasteiger partial charge in [-0.1, -0.05) is 0 Å². The minimum atomic E-state index is -1.83. The van der Waals surface area contributed by atoms with Crippen LogP contribution in [0, 0.1) is 17.5 Å². The number of rotatable bonds is 3. The molecule has 0 saturated heterocycles. The summed E-state index contributed by atoms with van der Waals surface area (Å²) in [5.41, 5.74) is -1.81. The van der Waals surface area contributed by atoms with E-state index in [9.17, 15) is 27.6 Å². The molecule has 2 aromatic rings. The first kappa shape index (κ1) is 14.6. The number of ether oxygens (including phenoxy) is 1. The maximum Gasteiger partial charge on any atom is 0.511 e. The van der Waals surface area contributed by atoms with Gasteiger partial charge in [0.15, 0.2) is 23.2 Å². The van der Waals surface area contributed by atoms with E-state index in [2.05, 4.69) is 4.74 Å². The Morgan fingerprint density at radius 2 is 2.00 bits per heavy atom. The first-order valence-corrected chi connectivity index (χ1v) is 5.42. The molecule has 6 nitrogen and oxygen atoms in total. The predicted octanol–water partition coefficient (Wildman–Crippen LogP) is 1.67. The monoisotopic (exact) mass is 301 g/mol. The predicted molar refractivity (Wildman–Crippen MR) is 62.8 cm³/mol. The average molecular weight is 301 g/mol. The third-order valence-electron chi connectivity index (χ3n) is 2.63. The number of pyridine rings is 1. The number of carbonyl (C=O) groups excluding carboxylic acids is 1. The van der Waals surface area contributed by atoms with Crippen LogP contribution in [0.15, 0.2) is 17.1 Å². The topological polar surface area (TPSA) is 85.6 Å². The Labute approximate surface area is 114 Å². The lowest BCUT2D eigenvalue weighted by atomic mass is 10.1. The lowest BCUT2D eigenvalue weighted by Gasteiger charge is -2.11. The standard InChI is InChI=1S/C12H6F3NO5/c13-6-3-5-10(9(15)8(6)14)16(1-2-17)4-7(11(5)18)21-12(19)20/h2-4H,1H2,(H,19,20). The molecule has 0 spiro atoms. The maximum atomic E-state index is 13.8. The Bertz CT molecular complexity index is 815. The highest BCUT2D eigenvalue weighted by atomic mass is 19.2. The first-order chi connectivity index (χ1) is 9.86. The molecule has 0 radical (unpaired) electrons. The number of aldehydes is 1. The second kappa shape index (κ2) is 5.27. The molecule has 0 saturated carbocycles. The van der Waals surface area contributed by atoms with Crippen molar-refractivity contribution in [3.63, 3.8) is 0 Å². The fourth-order valence-corrected chi connectivity index (χ4v) is 1.83. The summed E-state index contributed by atoms with van der Waals surface area (Å²) in [4.78, 5) is 32.9. The third-order valence-corrected chi connectivity index (χ3v) is 2.63. The van der Waals surface area contributed by atoms with Crippen molar-refractivity contribution >= 4 is 23.3 Å². The molecule has 1 aromatic heterocycles. The van der Waals surface area contributed by atoms with Crippen LogP contribution in [0.1, 0.15) is 0 Å². The van der Waals surface area contributed by atoms with Crippen molar-refractivity contribution in [3.8, 4) is 5.75 Å². The van der Waals surface area contributed by atoms with Crippen molar-refractivity contribution in [2.45, 2.75) is 6.54 Å². The summed E-state index contributed by atoms with van der Waals surface area (Å²) in [5.74, 6) is -5.86. The van der Waals surface area contributed by atoms with Crippen molar-refractivity contribution in [1.82, 2.24) is 4.57 Å². The lowest BCUT2D eigenvalue weighted by Crippen LogP contribution is -2.18. The molecule has 0 aliphatic heterocycles. The Morgan fingerprint density at radius 1 is 1.33 bits per heavy atom. The number of carbonyl (C=O) groups is 2. The first-order valence-electron chi connectivity index (χ1n) is 5.42. The zero-order valence-electron chi connectivity index (χ0n) is 10.1. The molecule has 1 N–H and O–H groups in total. The van der Waals surface area contributed by atoms with Crippen molar-refractivity contribution in [1.29, 1.82) is 0 Å². The van der Waals surface area contributed by atoms with Crippen LogP contribution in [0.5, 0.6) is 5.75 Å². The summed E-state index contributed by atoms with van der Waals surface area (Å²) in [6.45, 7) is -0.519. The molecular weight excluding hydrogens is 295 g/mol. The van der Waals surface area contributed by atoms with Gasteiger partial charge in [0.25, 0.3) is 0 Å². The van der Waals surface area contributed by atoms with E-state index in [4.69, 9.17) is 5.11 Å². The van der Waals surface area contributed by atoms with Crippen molar-refractivity contribution in [2.75, 3.05) is 0 Å². The van der Waals surface area contributed by atoms with E-state index < -0.39 is 52.2 Å². The van der Waals surface area contributed by atoms with Crippen LogP contribution in [0.25, 0.3) is 10.9 Å². The van der Waals surface area contributed by atoms with Crippen LogP contribution in [0.4, 0.5) is 18.0 Å². The van der Waals surface area contributed by atoms with Gasteiger partial charge in [0.2, 0.25) is 5.43 Å². The van der Waals surface area contributed by atoms with Gasteiger partial charge in [-0.15, -0.1) is 0 Å². The molecule has 21 heavy (non-hydrogen) atoms. The molecule has 9 heteroatoms. The lowest BCUT2D eigenvalue weighted by molar-refractivity contribution is -0.108. The van der Waals surface area contributed by atoms with E-state index >= 15 is 0 Å². The van der Waals surface area contributed by atoms with Crippen molar-refractivity contribution in [2.24, 2.45) is 0 Å². The van der Waals surface area contributed by atoms with E-state index in [0.29, 0.717) is 12.4 Å². The normalized spacial score (nSPS) is 10.6. The number of fused-ring (bicyclic) bond motifs is 1. The molecule has 0 amide bonds. The van der Waals surface area contributed by atoms with Crippen LogP contribution in [-0.2, 0) is 11.3 Å². The van der Waals surface area contributed by atoms with Crippen molar-refractivity contribution in [3.05, 3.63) is 39.9 Å². The van der Waals surface area contributed by atoms with E-state index in [1.165, 1.54) is 0 Å². The smallest absolute Gasteiger partial charge is 0.449 e. The Balaban J connectivity index is 2.93. The Hall–Kier alpha value is -2.84. The maximum absolute atomic E-state index is 13.8. The van der Waals surface area contributed by atoms with Crippen LogP contribution in [-0.4, -0.2) is 22.1 Å². The molecular formula is C12H6F3NO5. The van der Waals surface area contributed by atoms with Gasteiger partial charge >= 0.3 is 6.16 Å². The van der Waals surface area contributed by atoms with Gasteiger partial charge in [0.05, 0.1) is 23.6 Å². The number of hydrogen-bond acceptors (Lipinski definition) is 4. The summed E-state index contributed by atoms with van der Waals surface area (Å²) in [5, 5.41) is 7.84. The molecule has 0 aliphatic rings. The molecule has 1 aromatic carbocycles. The number of carboxylic acid groups (broad SMARTS) is 1. The average Bonchev–Trinajstić information content (AvgIpc) is 2.41. The molecule has 0 fully saturated rings. The minimum absolute atomic E-state index is 0.301. The Kier molecular flexibility index (Phi) is 3.66. The van der Waals surface area contributed by atoms with E-state index in [1.807, 2.05) is 0 Å². The summed E-state index contributed by atoms with van der Waals surface area (Å²) in [7, 11) is 0. The number of hydrogen-bond donors (Lipinski definition) is 1. The summed E-state index contributed by atoms with van der Waals surface area (Å²) >= 11 is 0. The molecule has 0 atom stereocenters. The molecule has 0 unspecified atom stereocenters. The van der Waals surface area contributed by atoms with E-state index in [1.54, 1.807) is 0 Å². The van der Waals surface area contributed by atoms with E-state index in [0.717, 1.165) is 10.8 Å². The largest absolute Gasteiger partial charge is 0.511 e. The molecule has 2 rings (SSSR count). The number of halogens is 3. The zero-order chi connectivity index (χ0) is 15.7. The highest BCUT2D eigenvalue weighted by Gasteiger charge is 2.21. The zero-order valence-corrected chi connectivity index (χ0v) is 10.1. The molecule has 0 bridgehead atoms. The number of nitrogens with zero attached hydrogens (tertiary/aromatic N) is 1. The fraction of sp³-hybridized carbons (Fsp3) is 0.0833. The second-order valence-electron chi connectivity index (χ2n) is 3.89. The van der Waals surface area contributed by atoms with Gasteiger partial charge < -0.3 is 19.2 Å². The number of benzene rings is 1. The van der Waals surface area contributed by atoms with Crippen LogP contribution >= 0.6 is 0 Å². The minimum Gasteiger partial charge on any atom is -0.449 e. The van der Waals surface area contributed by atoms with Gasteiger partial charge in [0.1, 0.15) is 6.29 Å². The van der Waals surface area contributed by atoms with Gasteiger partial charge in [-0.25, -0.2) is 18.0 Å². The van der Waals surface area contributed by atoms with Gasteiger partial charge in [0, 0.05) is 0 Å². The summed E-state index contributed by atoms with van der Waals surface area (Å²) in [6.07, 6.45) is -0.796. The van der Waals surface area contributed by atoms with Crippen LogP contribution < -0.4 is 10.2 Å². The summed E-state index contributed by atoms with van der Waals surface area (Å²) < 4.78 is 45.2.